The van der Waals surface area contributed by atoms with Crippen LogP contribution in [0.25, 0.3) is 21.6 Å². The molecule has 8 heteroatoms. The highest BCUT2D eigenvalue weighted by Crippen LogP contribution is 2.46. The molecule has 0 amide bonds. The number of thiazole rings is 1. The van der Waals surface area contributed by atoms with Gasteiger partial charge in [0.2, 0.25) is 0 Å². The van der Waals surface area contributed by atoms with Gasteiger partial charge in [-0.25, -0.2) is 14.4 Å². The Morgan fingerprint density at radius 2 is 2.07 bits per heavy atom. The Labute approximate surface area is 158 Å². The minimum Gasteiger partial charge on any atom is -0.481 e. The molecule has 0 saturated heterocycles. The fraction of sp³-hybridized carbons (Fsp3) is 0.421. The van der Waals surface area contributed by atoms with Crippen molar-refractivity contribution in [2.75, 3.05) is 5.32 Å². The van der Waals surface area contributed by atoms with E-state index in [1.807, 2.05) is 5.38 Å². The van der Waals surface area contributed by atoms with E-state index in [1.54, 1.807) is 6.20 Å². The summed E-state index contributed by atoms with van der Waals surface area (Å²) >= 11 is 1.45. The summed E-state index contributed by atoms with van der Waals surface area (Å²) in [6.45, 7) is 0. The van der Waals surface area contributed by atoms with E-state index in [0.717, 1.165) is 36.3 Å². The molecule has 6 rings (SSSR count). The second-order valence-electron chi connectivity index (χ2n) is 7.50. The van der Waals surface area contributed by atoms with Crippen LogP contribution in [0.5, 0.6) is 0 Å². The lowest BCUT2D eigenvalue weighted by Crippen LogP contribution is -2.51. The van der Waals surface area contributed by atoms with Gasteiger partial charge in [0.05, 0.1) is 12.1 Å². The van der Waals surface area contributed by atoms with Gasteiger partial charge in [-0.3, -0.25) is 4.79 Å². The Hall–Kier alpha value is -2.48. The molecule has 3 fully saturated rings. The van der Waals surface area contributed by atoms with Crippen molar-refractivity contribution in [2.45, 2.75) is 31.7 Å². The van der Waals surface area contributed by atoms with Gasteiger partial charge >= 0.3 is 5.97 Å². The molecule has 3 saturated carbocycles. The molecule has 3 aromatic heterocycles. The standard InChI is InChI=1S/C19H19FN4O2S/c20-11-5-12-13(7-22-17(12)21-6-11)18-24-14(8-27-18)23-16-10-3-1-9(2-4-10)15(16)19(25)26/h5-10,15-16,23H,1-4H2,(H,21,22)(H,25,26)/t9?,10?,15-,16?/m0/s1. The van der Waals surface area contributed by atoms with Crippen LogP contribution in [0, 0.1) is 23.6 Å². The first kappa shape index (κ1) is 16.7. The Kier molecular flexibility index (Phi) is 3.89. The highest BCUT2D eigenvalue weighted by molar-refractivity contribution is 7.13. The number of hydrogen-bond acceptors (Lipinski definition) is 5. The summed E-state index contributed by atoms with van der Waals surface area (Å²) < 4.78 is 13.6. The Bertz CT molecular complexity index is 1010. The third kappa shape index (κ3) is 2.79. The van der Waals surface area contributed by atoms with Crippen molar-refractivity contribution in [3.63, 3.8) is 0 Å². The van der Waals surface area contributed by atoms with Gasteiger partial charge in [-0.15, -0.1) is 11.3 Å². The number of anilines is 1. The fourth-order valence-corrected chi connectivity index (χ4v) is 5.59. The normalized spacial score (nSPS) is 27.1. The molecule has 3 N–H and O–H groups in total. The summed E-state index contributed by atoms with van der Waals surface area (Å²) in [6, 6.07) is 1.37. The van der Waals surface area contributed by atoms with Gasteiger partial charge in [-0.2, -0.15) is 0 Å². The highest BCUT2D eigenvalue weighted by atomic mass is 32.1. The Morgan fingerprint density at radius 1 is 1.30 bits per heavy atom. The number of halogens is 1. The van der Waals surface area contributed by atoms with Crippen molar-refractivity contribution >= 4 is 34.2 Å². The fourth-order valence-electron chi connectivity index (χ4n) is 4.80. The topological polar surface area (TPSA) is 90.9 Å². The average molecular weight is 386 g/mol. The van der Waals surface area contributed by atoms with E-state index in [2.05, 4.69) is 20.3 Å². The summed E-state index contributed by atoms with van der Waals surface area (Å²) in [4.78, 5) is 23.5. The Morgan fingerprint density at radius 3 is 2.85 bits per heavy atom. The number of hydrogen-bond donors (Lipinski definition) is 3. The molecule has 0 radical (unpaired) electrons. The maximum atomic E-state index is 13.6. The first-order valence-electron chi connectivity index (χ1n) is 9.18. The minimum absolute atomic E-state index is 0.0768. The van der Waals surface area contributed by atoms with Crippen LogP contribution in [0.3, 0.4) is 0 Å². The second-order valence-corrected chi connectivity index (χ2v) is 8.36. The predicted octanol–water partition coefficient (Wildman–Crippen LogP) is 4.13. The number of carbonyl (C=O) groups is 1. The number of carboxylic acid groups (broad SMARTS) is 1. The number of rotatable bonds is 4. The zero-order valence-corrected chi connectivity index (χ0v) is 15.3. The minimum atomic E-state index is -0.712. The molecule has 0 aliphatic heterocycles. The number of carboxylic acids is 1. The van der Waals surface area contributed by atoms with Crippen LogP contribution in [-0.2, 0) is 4.79 Å². The molecule has 1 unspecified atom stereocenters. The third-order valence-electron chi connectivity index (χ3n) is 6.05. The van der Waals surface area contributed by atoms with E-state index >= 15 is 0 Å². The van der Waals surface area contributed by atoms with E-state index in [9.17, 15) is 14.3 Å². The molecule has 27 heavy (non-hydrogen) atoms. The summed E-state index contributed by atoms with van der Waals surface area (Å²) in [6.07, 6.45) is 7.14. The van der Waals surface area contributed by atoms with Gasteiger partial charge in [0.25, 0.3) is 0 Å². The van der Waals surface area contributed by atoms with Gasteiger partial charge in [0.15, 0.2) is 0 Å². The van der Waals surface area contributed by atoms with Crippen LogP contribution in [0.15, 0.2) is 23.8 Å². The van der Waals surface area contributed by atoms with E-state index in [1.165, 1.54) is 23.6 Å². The van der Waals surface area contributed by atoms with Crippen LogP contribution in [0.4, 0.5) is 10.2 Å². The second kappa shape index (κ2) is 6.30. The molecule has 3 heterocycles. The van der Waals surface area contributed by atoms with Crippen LogP contribution >= 0.6 is 11.3 Å². The third-order valence-corrected chi connectivity index (χ3v) is 6.93. The number of aromatic amines is 1. The van der Waals surface area contributed by atoms with Gasteiger partial charge in [0, 0.05) is 28.6 Å². The monoisotopic (exact) mass is 386 g/mol. The molecule has 140 valence electrons. The summed E-state index contributed by atoms with van der Waals surface area (Å²) in [5, 5.41) is 16.5. The molecule has 0 aromatic carbocycles. The van der Waals surface area contributed by atoms with Crippen molar-refractivity contribution in [3.05, 3.63) is 29.7 Å². The summed E-state index contributed by atoms with van der Waals surface area (Å²) in [7, 11) is 0. The van der Waals surface area contributed by atoms with Crippen LogP contribution in [0.1, 0.15) is 25.7 Å². The number of H-pyrrole nitrogens is 1. The van der Waals surface area contributed by atoms with E-state index in [0.29, 0.717) is 22.8 Å². The first-order chi connectivity index (χ1) is 13.1. The van der Waals surface area contributed by atoms with Crippen LogP contribution in [0.2, 0.25) is 0 Å². The van der Waals surface area contributed by atoms with Crippen molar-refractivity contribution in [1.29, 1.82) is 0 Å². The summed E-state index contributed by atoms with van der Waals surface area (Å²) in [5.41, 5.74) is 1.42. The zero-order valence-electron chi connectivity index (χ0n) is 14.5. The number of aromatic nitrogens is 3. The number of nitrogens with one attached hydrogen (secondary N) is 2. The number of pyridine rings is 1. The van der Waals surface area contributed by atoms with E-state index in [4.69, 9.17) is 0 Å². The molecule has 3 aromatic rings. The number of fused-ring (bicyclic) bond motifs is 4. The maximum Gasteiger partial charge on any atom is 0.308 e. The smallest absolute Gasteiger partial charge is 0.308 e. The van der Waals surface area contributed by atoms with Crippen molar-refractivity contribution in [2.24, 2.45) is 17.8 Å². The van der Waals surface area contributed by atoms with Crippen LogP contribution in [-0.4, -0.2) is 32.1 Å². The average Bonchev–Trinajstić information content (AvgIpc) is 3.28. The van der Waals surface area contributed by atoms with Gasteiger partial charge in [-0.05, 0) is 43.6 Å². The summed E-state index contributed by atoms with van der Waals surface area (Å²) in [5.74, 6) is -0.124. The van der Waals surface area contributed by atoms with Gasteiger partial charge < -0.3 is 15.4 Å². The first-order valence-corrected chi connectivity index (χ1v) is 10.1. The Balaban J connectivity index is 1.43. The lowest BCUT2D eigenvalue weighted by atomic mass is 9.61. The van der Waals surface area contributed by atoms with Crippen molar-refractivity contribution < 1.29 is 14.3 Å². The molecular formula is C19H19FN4O2S. The number of aliphatic carboxylic acids is 1. The molecule has 2 atom stereocenters. The largest absolute Gasteiger partial charge is 0.481 e. The lowest BCUT2D eigenvalue weighted by molar-refractivity contribution is -0.148. The van der Waals surface area contributed by atoms with E-state index in [-0.39, 0.29) is 23.7 Å². The van der Waals surface area contributed by atoms with Gasteiger partial charge in [-0.1, -0.05) is 0 Å². The molecule has 2 bridgehead atoms. The van der Waals surface area contributed by atoms with Crippen LogP contribution < -0.4 is 5.32 Å². The maximum absolute atomic E-state index is 13.6. The highest BCUT2D eigenvalue weighted by Gasteiger charge is 2.47. The molecule has 3 aliphatic rings. The molecular weight excluding hydrogens is 367 g/mol. The predicted molar refractivity (Wildman–Crippen MR) is 101 cm³/mol. The quantitative estimate of drug-likeness (QED) is 0.627. The lowest BCUT2D eigenvalue weighted by Gasteiger charge is -2.47. The molecule has 0 spiro atoms. The SMILES string of the molecule is O=C(O)[C@H]1C2CCC(CC2)C1Nc1csc(-c2c[nH]c3ncc(F)cc23)n1. The van der Waals surface area contributed by atoms with Crippen molar-refractivity contribution in [3.8, 4) is 10.6 Å². The molecule has 3 aliphatic carbocycles. The van der Waals surface area contributed by atoms with E-state index < -0.39 is 5.97 Å². The number of nitrogens with zero attached hydrogens (tertiary/aromatic N) is 2. The van der Waals surface area contributed by atoms with Crippen molar-refractivity contribution in [1.82, 2.24) is 15.0 Å². The molecule has 6 nitrogen and oxygen atoms in total. The zero-order chi connectivity index (χ0) is 18.5. The van der Waals surface area contributed by atoms with Gasteiger partial charge in [0.1, 0.15) is 22.3 Å².